The van der Waals surface area contributed by atoms with Crippen LogP contribution in [-0.4, -0.2) is 69.5 Å². The van der Waals surface area contributed by atoms with E-state index in [1.807, 2.05) is 44.2 Å². The van der Waals surface area contributed by atoms with E-state index in [9.17, 15) is 19.5 Å². The van der Waals surface area contributed by atoms with Crippen LogP contribution in [0.2, 0.25) is 0 Å². The number of amides is 3. The molecular formula is C27H38BrN3O5. The first-order valence-corrected chi connectivity index (χ1v) is 13.5. The first-order chi connectivity index (χ1) is 16.8. The topological polar surface area (TPSA) is 108 Å². The lowest BCUT2D eigenvalue weighted by Gasteiger charge is -2.40. The molecule has 3 aliphatic heterocycles. The van der Waals surface area contributed by atoms with Gasteiger partial charge in [-0.25, -0.2) is 0 Å². The molecule has 198 valence electrons. The molecule has 3 N–H and O–H groups in total. The lowest BCUT2D eigenvalue weighted by Crippen LogP contribution is -2.60. The van der Waals surface area contributed by atoms with E-state index in [4.69, 9.17) is 4.74 Å². The Morgan fingerprint density at radius 3 is 2.39 bits per heavy atom. The highest BCUT2D eigenvalue weighted by molar-refractivity contribution is 9.09. The summed E-state index contributed by atoms with van der Waals surface area (Å²) in [5.41, 5.74) is -1.03. The number of rotatable bonds is 7. The molecular weight excluding hydrogens is 526 g/mol. The van der Waals surface area contributed by atoms with Crippen molar-refractivity contribution in [2.45, 2.75) is 81.6 Å². The normalized spacial score (nSPS) is 32.4. The number of benzene rings is 1. The number of aliphatic hydroxyl groups is 1. The summed E-state index contributed by atoms with van der Waals surface area (Å²) in [4.78, 5) is 42.6. The second kappa shape index (κ2) is 9.40. The number of hydrogen-bond donors (Lipinski definition) is 3. The Morgan fingerprint density at radius 2 is 1.83 bits per heavy atom. The molecule has 9 heteroatoms. The number of fused-ring (bicyclic) bond motifs is 1. The van der Waals surface area contributed by atoms with Crippen molar-refractivity contribution in [1.29, 1.82) is 0 Å². The molecule has 3 saturated heterocycles. The number of alkyl halides is 1. The zero-order valence-corrected chi connectivity index (χ0v) is 23.5. The summed E-state index contributed by atoms with van der Waals surface area (Å²) in [5, 5.41) is 16.4. The second-order valence-corrected chi connectivity index (χ2v) is 13.4. The molecule has 8 nitrogen and oxygen atoms in total. The minimum atomic E-state index is -1.17. The number of aliphatic hydroxyl groups excluding tert-OH is 1. The predicted molar refractivity (Wildman–Crippen MR) is 139 cm³/mol. The van der Waals surface area contributed by atoms with Crippen LogP contribution in [0.3, 0.4) is 0 Å². The number of likely N-dealkylation sites (tertiary alicyclic amines) is 1. The minimum absolute atomic E-state index is 0.0337. The number of nitrogens with one attached hydrogen (secondary N) is 2. The fraction of sp³-hybridized carbons (Fsp3) is 0.667. The molecule has 0 aromatic heterocycles. The molecule has 7 atom stereocenters. The average Bonchev–Trinajstić information content (AvgIpc) is 3.36. The lowest BCUT2D eigenvalue weighted by atomic mass is 9.70. The highest BCUT2D eigenvalue weighted by atomic mass is 79.9. The summed E-state index contributed by atoms with van der Waals surface area (Å²) in [5.74, 6) is -2.47. The van der Waals surface area contributed by atoms with E-state index in [0.29, 0.717) is 6.42 Å². The van der Waals surface area contributed by atoms with Crippen LogP contribution < -0.4 is 10.6 Å². The molecule has 1 aromatic carbocycles. The average molecular weight is 565 g/mol. The molecule has 3 heterocycles. The van der Waals surface area contributed by atoms with Gasteiger partial charge in [-0.15, -0.1) is 0 Å². The first-order valence-electron chi connectivity index (χ1n) is 12.6. The Bertz CT molecular complexity index is 1030. The monoisotopic (exact) mass is 563 g/mol. The number of hydrogen-bond acceptors (Lipinski definition) is 5. The van der Waals surface area contributed by atoms with Gasteiger partial charge in [0.05, 0.1) is 30.6 Å². The standard InChI is InChI=1S/C27H38BrN3O5/c1-25(2,3)14-26(4,5)30-23(34)21-27-12-16(28)20(36-27)18(22(33)29-6)19(27)24(35)31(21)17(13-32)15-10-8-7-9-11-15/h7-11,16-21,32H,12-14H2,1-6H3,(H,29,33)(H,30,34)/t16?,17-,18-,19+,20-,21?,27?/m1/s1. The molecule has 0 saturated carbocycles. The van der Waals surface area contributed by atoms with E-state index in [2.05, 4.69) is 47.3 Å². The van der Waals surface area contributed by atoms with Gasteiger partial charge in [0.1, 0.15) is 11.6 Å². The smallest absolute Gasteiger partial charge is 0.246 e. The minimum Gasteiger partial charge on any atom is -0.394 e. The van der Waals surface area contributed by atoms with Crippen LogP contribution in [0.1, 0.15) is 59.1 Å². The Labute approximate surface area is 221 Å². The highest BCUT2D eigenvalue weighted by Crippen LogP contribution is 2.61. The van der Waals surface area contributed by atoms with Crippen LogP contribution in [0, 0.1) is 17.3 Å². The van der Waals surface area contributed by atoms with Crippen LogP contribution in [0.4, 0.5) is 0 Å². The summed E-state index contributed by atoms with van der Waals surface area (Å²) < 4.78 is 6.50. The van der Waals surface area contributed by atoms with E-state index >= 15 is 0 Å². The molecule has 4 rings (SSSR count). The Morgan fingerprint density at radius 1 is 1.19 bits per heavy atom. The van der Waals surface area contributed by atoms with Gasteiger partial charge in [0.15, 0.2) is 0 Å². The van der Waals surface area contributed by atoms with Crippen LogP contribution >= 0.6 is 15.9 Å². The Hall–Kier alpha value is -1.97. The van der Waals surface area contributed by atoms with E-state index in [-0.39, 0.29) is 34.6 Å². The zero-order chi connectivity index (χ0) is 26.6. The molecule has 1 spiro atoms. The van der Waals surface area contributed by atoms with Crippen molar-refractivity contribution >= 4 is 33.7 Å². The molecule has 3 amide bonds. The third-order valence-corrected chi connectivity index (χ3v) is 8.50. The van der Waals surface area contributed by atoms with E-state index in [1.54, 1.807) is 7.05 Å². The van der Waals surface area contributed by atoms with Crippen LogP contribution in [0.5, 0.6) is 0 Å². The first kappa shape index (κ1) is 27.1. The molecule has 2 bridgehead atoms. The summed E-state index contributed by atoms with van der Waals surface area (Å²) in [7, 11) is 1.54. The second-order valence-electron chi connectivity index (χ2n) is 12.2. The summed E-state index contributed by atoms with van der Waals surface area (Å²) in [6.45, 7) is 9.93. The number of carbonyl (C=O) groups excluding carboxylic acids is 3. The molecule has 0 aliphatic carbocycles. The Balaban J connectivity index is 1.81. The third kappa shape index (κ3) is 4.47. The number of ether oxygens (including phenoxy) is 1. The van der Waals surface area contributed by atoms with Crippen molar-refractivity contribution < 1.29 is 24.2 Å². The van der Waals surface area contributed by atoms with Gasteiger partial charge in [-0.2, -0.15) is 0 Å². The van der Waals surface area contributed by atoms with Gasteiger partial charge < -0.3 is 25.4 Å². The zero-order valence-electron chi connectivity index (χ0n) is 21.9. The fourth-order valence-corrected chi connectivity index (χ4v) is 7.91. The summed E-state index contributed by atoms with van der Waals surface area (Å²) >= 11 is 3.67. The molecule has 1 aromatic rings. The molecule has 3 aliphatic rings. The van der Waals surface area contributed by atoms with Gasteiger partial charge in [0.2, 0.25) is 17.7 Å². The van der Waals surface area contributed by atoms with E-state index in [1.165, 1.54) is 4.90 Å². The van der Waals surface area contributed by atoms with Gasteiger partial charge >= 0.3 is 0 Å². The van der Waals surface area contributed by atoms with Crippen LogP contribution in [0.25, 0.3) is 0 Å². The highest BCUT2D eigenvalue weighted by Gasteiger charge is 2.77. The lowest BCUT2D eigenvalue weighted by molar-refractivity contribution is -0.146. The molecule has 3 fully saturated rings. The number of halogens is 1. The van der Waals surface area contributed by atoms with Gasteiger partial charge in [-0.1, -0.05) is 67.0 Å². The summed E-state index contributed by atoms with van der Waals surface area (Å²) in [6.07, 6.45) is 0.627. The van der Waals surface area contributed by atoms with Crippen molar-refractivity contribution in [3.8, 4) is 0 Å². The molecule has 36 heavy (non-hydrogen) atoms. The molecule has 0 radical (unpaired) electrons. The van der Waals surface area contributed by atoms with Gasteiger partial charge in [0, 0.05) is 17.4 Å². The number of carbonyl (C=O) groups is 3. The predicted octanol–water partition coefficient (Wildman–Crippen LogP) is 2.54. The van der Waals surface area contributed by atoms with E-state index < -0.39 is 41.2 Å². The van der Waals surface area contributed by atoms with Crippen molar-refractivity contribution in [1.82, 2.24) is 15.5 Å². The van der Waals surface area contributed by atoms with Crippen molar-refractivity contribution in [3.63, 3.8) is 0 Å². The van der Waals surface area contributed by atoms with Gasteiger partial charge in [0.25, 0.3) is 0 Å². The third-order valence-electron chi connectivity index (χ3n) is 7.65. The number of nitrogens with zero attached hydrogens (tertiary/aromatic N) is 1. The van der Waals surface area contributed by atoms with E-state index in [0.717, 1.165) is 12.0 Å². The van der Waals surface area contributed by atoms with Crippen molar-refractivity contribution in [2.24, 2.45) is 17.3 Å². The van der Waals surface area contributed by atoms with Crippen LogP contribution in [0.15, 0.2) is 30.3 Å². The van der Waals surface area contributed by atoms with Gasteiger partial charge in [-0.3, -0.25) is 14.4 Å². The quantitative estimate of drug-likeness (QED) is 0.442. The maximum atomic E-state index is 14.2. The maximum absolute atomic E-state index is 14.2. The molecule has 3 unspecified atom stereocenters. The van der Waals surface area contributed by atoms with Gasteiger partial charge in [-0.05, 0) is 37.7 Å². The maximum Gasteiger partial charge on any atom is 0.246 e. The largest absolute Gasteiger partial charge is 0.394 e. The van der Waals surface area contributed by atoms with Crippen molar-refractivity contribution in [3.05, 3.63) is 35.9 Å². The Kier molecular flexibility index (Phi) is 7.07. The summed E-state index contributed by atoms with van der Waals surface area (Å²) in [6, 6.07) is 7.46. The van der Waals surface area contributed by atoms with Crippen molar-refractivity contribution in [2.75, 3.05) is 13.7 Å². The fourth-order valence-electron chi connectivity index (χ4n) is 6.97. The van der Waals surface area contributed by atoms with Crippen LogP contribution in [-0.2, 0) is 19.1 Å². The SMILES string of the molecule is CNC(=O)[C@H]1[C@@H]2OC3(CC2Br)C(C(=O)NC(C)(C)CC(C)(C)C)N([C@H](CO)c2ccccc2)C(=O)[C@H]13.